The van der Waals surface area contributed by atoms with Crippen LogP contribution in [0.4, 0.5) is 0 Å². The van der Waals surface area contributed by atoms with Crippen LogP contribution < -0.4 is 0 Å². The van der Waals surface area contributed by atoms with E-state index in [2.05, 4.69) is 58.0 Å². The standard InChI is InChI=1S/C26H44O2/c1-8-21(9-2)19-23(18-20(3)4)24(25(27)28-26(5,6)7)17-13-16-22-14-11-10-12-15-22/h10-12,14-15,20-21,23-24H,8-9,13,16-19H2,1-7H3/t23-,24+/m1/s1. The average Bonchev–Trinajstić information content (AvgIpc) is 2.61. The minimum absolute atomic E-state index is 0.00550. The minimum atomic E-state index is -0.425. The molecule has 0 aliphatic rings. The van der Waals surface area contributed by atoms with Crippen LogP contribution in [0.5, 0.6) is 0 Å². The second-order valence-electron chi connectivity index (χ2n) is 9.83. The Bertz CT molecular complexity index is 537. The van der Waals surface area contributed by atoms with E-state index in [0.29, 0.717) is 17.8 Å². The van der Waals surface area contributed by atoms with Crippen molar-refractivity contribution < 1.29 is 9.53 Å². The summed E-state index contributed by atoms with van der Waals surface area (Å²) in [6.45, 7) is 15.0. The zero-order valence-electron chi connectivity index (χ0n) is 19.5. The van der Waals surface area contributed by atoms with Gasteiger partial charge in [-0.15, -0.1) is 0 Å². The number of carbonyl (C=O) groups excluding carboxylic acids is 1. The Morgan fingerprint density at radius 2 is 1.61 bits per heavy atom. The third-order valence-corrected chi connectivity index (χ3v) is 5.67. The molecule has 0 saturated heterocycles. The number of aryl methyl sites for hydroxylation is 1. The number of benzene rings is 1. The van der Waals surface area contributed by atoms with Crippen LogP contribution in [0.2, 0.25) is 0 Å². The van der Waals surface area contributed by atoms with Gasteiger partial charge in [0, 0.05) is 0 Å². The van der Waals surface area contributed by atoms with Crippen LogP contribution in [-0.4, -0.2) is 11.6 Å². The first kappa shape index (κ1) is 24.7. The summed E-state index contributed by atoms with van der Waals surface area (Å²) in [7, 11) is 0. The van der Waals surface area contributed by atoms with Crippen molar-refractivity contribution in [2.24, 2.45) is 23.7 Å². The molecule has 0 aromatic heterocycles. The number of carbonyl (C=O) groups is 1. The zero-order chi connectivity index (χ0) is 21.2. The van der Waals surface area contributed by atoms with Crippen LogP contribution in [0, 0.1) is 23.7 Å². The van der Waals surface area contributed by atoms with Crippen molar-refractivity contribution in [3.05, 3.63) is 35.9 Å². The summed E-state index contributed by atoms with van der Waals surface area (Å²) in [5, 5.41) is 0. The van der Waals surface area contributed by atoms with Gasteiger partial charge in [0.05, 0.1) is 5.92 Å². The molecule has 160 valence electrons. The fraction of sp³-hybridized carbons (Fsp3) is 0.731. The van der Waals surface area contributed by atoms with Crippen molar-refractivity contribution in [3.8, 4) is 0 Å². The second-order valence-corrected chi connectivity index (χ2v) is 9.83. The monoisotopic (exact) mass is 388 g/mol. The maximum Gasteiger partial charge on any atom is 0.309 e. The van der Waals surface area contributed by atoms with Crippen molar-refractivity contribution in [2.45, 2.75) is 99.0 Å². The van der Waals surface area contributed by atoms with Crippen LogP contribution in [0.3, 0.4) is 0 Å². The molecule has 0 heterocycles. The maximum absolute atomic E-state index is 13.2. The Kier molecular flexibility index (Phi) is 10.9. The molecule has 0 saturated carbocycles. The lowest BCUT2D eigenvalue weighted by Crippen LogP contribution is -2.34. The van der Waals surface area contributed by atoms with Gasteiger partial charge in [-0.2, -0.15) is 0 Å². The normalized spacial score (nSPS) is 14.3. The predicted octanol–water partition coefficient (Wildman–Crippen LogP) is 7.46. The first-order valence-corrected chi connectivity index (χ1v) is 11.4. The van der Waals surface area contributed by atoms with E-state index in [0.717, 1.165) is 32.1 Å². The van der Waals surface area contributed by atoms with Gasteiger partial charge in [-0.1, -0.05) is 70.9 Å². The third-order valence-electron chi connectivity index (χ3n) is 5.67. The van der Waals surface area contributed by atoms with E-state index in [-0.39, 0.29) is 11.9 Å². The molecule has 0 N–H and O–H groups in total. The largest absolute Gasteiger partial charge is 0.460 e. The first-order chi connectivity index (χ1) is 13.2. The molecule has 0 spiro atoms. The Hall–Kier alpha value is -1.31. The molecule has 1 rings (SSSR count). The van der Waals surface area contributed by atoms with Crippen LogP contribution in [0.15, 0.2) is 30.3 Å². The zero-order valence-corrected chi connectivity index (χ0v) is 19.5. The number of esters is 1. The third kappa shape index (κ3) is 9.75. The highest BCUT2D eigenvalue weighted by atomic mass is 16.6. The number of hydrogen-bond acceptors (Lipinski definition) is 2. The molecule has 2 atom stereocenters. The van der Waals surface area contributed by atoms with Crippen LogP contribution in [-0.2, 0) is 16.0 Å². The molecule has 0 aliphatic carbocycles. The average molecular weight is 389 g/mol. The van der Waals surface area contributed by atoms with E-state index in [1.807, 2.05) is 20.8 Å². The molecule has 2 heteroatoms. The summed E-state index contributed by atoms with van der Waals surface area (Å²) in [6, 6.07) is 10.6. The molecule has 0 bridgehead atoms. The van der Waals surface area contributed by atoms with Gasteiger partial charge in [0.1, 0.15) is 5.60 Å². The fourth-order valence-corrected chi connectivity index (χ4v) is 4.17. The number of hydrogen-bond donors (Lipinski definition) is 0. The Balaban J connectivity index is 2.93. The van der Waals surface area contributed by atoms with Gasteiger partial charge >= 0.3 is 5.97 Å². The van der Waals surface area contributed by atoms with E-state index in [9.17, 15) is 4.79 Å². The predicted molar refractivity (Wildman–Crippen MR) is 120 cm³/mol. The van der Waals surface area contributed by atoms with E-state index in [1.54, 1.807) is 0 Å². The van der Waals surface area contributed by atoms with Crippen LogP contribution in [0.25, 0.3) is 0 Å². The summed E-state index contributed by atoms with van der Waals surface area (Å²) in [5.41, 5.74) is 0.928. The molecule has 0 aliphatic heterocycles. The SMILES string of the molecule is CCC(CC)C[C@@H](CC(C)C)[C@H](CCCc1ccccc1)C(=O)OC(C)(C)C. The van der Waals surface area contributed by atoms with E-state index >= 15 is 0 Å². The highest BCUT2D eigenvalue weighted by Gasteiger charge is 2.33. The maximum atomic E-state index is 13.2. The van der Waals surface area contributed by atoms with Gasteiger partial charge in [-0.3, -0.25) is 4.79 Å². The highest BCUT2D eigenvalue weighted by molar-refractivity contribution is 5.73. The molecule has 0 amide bonds. The van der Waals surface area contributed by atoms with Crippen molar-refractivity contribution in [1.82, 2.24) is 0 Å². The van der Waals surface area contributed by atoms with Crippen molar-refractivity contribution in [1.29, 1.82) is 0 Å². The van der Waals surface area contributed by atoms with Crippen molar-refractivity contribution in [2.75, 3.05) is 0 Å². The molecule has 0 unspecified atom stereocenters. The molecule has 2 nitrogen and oxygen atoms in total. The van der Waals surface area contributed by atoms with Crippen molar-refractivity contribution >= 4 is 5.97 Å². The molecular formula is C26H44O2. The summed E-state index contributed by atoms with van der Waals surface area (Å²) in [5.74, 6) is 1.72. The summed E-state index contributed by atoms with van der Waals surface area (Å²) in [6.07, 6.45) is 7.60. The van der Waals surface area contributed by atoms with Gasteiger partial charge in [0.15, 0.2) is 0 Å². The van der Waals surface area contributed by atoms with E-state index in [1.165, 1.54) is 18.4 Å². The molecule has 28 heavy (non-hydrogen) atoms. The van der Waals surface area contributed by atoms with E-state index in [4.69, 9.17) is 4.74 Å². The van der Waals surface area contributed by atoms with Gasteiger partial charge in [-0.25, -0.2) is 0 Å². The summed E-state index contributed by atoms with van der Waals surface area (Å²) < 4.78 is 5.88. The summed E-state index contributed by atoms with van der Waals surface area (Å²) >= 11 is 0. The van der Waals surface area contributed by atoms with E-state index < -0.39 is 5.60 Å². The molecular weight excluding hydrogens is 344 g/mol. The lowest BCUT2D eigenvalue weighted by molar-refractivity contribution is -0.163. The molecule has 1 aromatic rings. The molecule has 1 aromatic carbocycles. The number of ether oxygens (including phenoxy) is 1. The van der Waals surface area contributed by atoms with Gasteiger partial charge in [0.25, 0.3) is 0 Å². The minimum Gasteiger partial charge on any atom is -0.460 e. The topological polar surface area (TPSA) is 26.3 Å². The molecule has 0 fully saturated rings. The quantitative estimate of drug-likeness (QED) is 0.347. The van der Waals surface area contributed by atoms with Gasteiger partial charge < -0.3 is 4.74 Å². The van der Waals surface area contributed by atoms with Crippen LogP contribution >= 0.6 is 0 Å². The van der Waals surface area contributed by atoms with Gasteiger partial charge in [-0.05, 0) is 76.2 Å². The molecule has 0 radical (unpaired) electrons. The highest BCUT2D eigenvalue weighted by Crippen LogP contribution is 2.34. The summed E-state index contributed by atoms with van der Waals surface area (Å²) in [4.78, 5) is 13.2. The first-order valence-electron chi connectivity index (χ1n) is 11.4. The van der Waals surface area contributed by atoms with Crippen molar-refractivity contribution in [3.63, 3.8) is 0 Å². The number of rotatable bonds is 12. The smallest absolute Gasteiger partial charge is 0.309 e. The Labute approximate surface area is 174 Å². The Morgan fingerprint density at radius 3 is 2.11 bits per heavy atom. The lowest BCUT2D eigenvalue weighted by Gasteiger charge is -2.32. The van der Waals surface area contributed by atoms with Gasteiger partial charge in [0.2, 0.25) is 0 Å². The fourth-order valence-electron chi connectivity index (χ4n) is 4.17. The lowest BCUT2D eigenvalue weighted by atomic mass is 9.76. The Morgan fingerprint density at radius 1 is 1.00 bits per heavy atom. The van der Waals surface area contributed by atoms with Crippen LogP contribution in [0.1, 0.15) is 92.6 Å². The second kappa shape index (κ2) is 12.3.